The van der Waals surface area contributed by atoms with Crippen molar-refractivity contribution < 1.29 is 4.79 Å². The molecule has 0 fully saturated rings. The van der Waals surface area contributed by atoms with E-state index in [9.17, 15) is 14.4 Å². The van der Waals surface area contributed by atoms with Gasteiger partial charge in [0.1, 0.15) is 6.54 Å². The Bertz CT molecular complexity index is 1200. The number of aromatic nitrogens is 4. The van der Waals surface area contributed by atoms with Crippen LogP contribution in [-0.4, -0.2) is 31.3 Å². The largest absolute Gasteiger partial charge is 0.350 e. The highest BCUT2D eigenvalue weighted by Crippen LogP contribution is 2.16. The Morgan fingerprint density at radius 1 is 1.17 bits per heavy atom. The minimum atomic E-state index is -0.315. The van der Waals surface area contributed by atoms with E-state index in [2.05, 4.69) is 15.4 Å². The van der Waals surface area contributed by atoms with Crippen LogP contribution in [0.1, 0.15) is 37.4 Å². The Balaban J connectivity index is 1.43. The van der Waals surface area contributed by atoms with Crippen LogP contribution >= 0.6 is 0 Å². The summed E-state index contributed by atoms with van der Waals surface area (Å²) in [6.07, 6.45) is 6.49. The van der Waals surface area contributed by atoms with Crippen LogP contribution in [-0.2, 0) is 30.7 Å². The van der Waals surface area contributed by atoms with E-state index in [1.54, 1.807) is 24.3 Å². The van der Waals surface area contributed by atoms with Crippen molar-refractivity contribution in [2.24, 2.45) is 0 Å². The molecule has 0 aliphatic heterocycles. The normalized spacial score (nSPS) is 14.7. The number of nitrogens with zero attached hydrogens (tertiary/aromatic N) is 4. The minimum Gasteiger partial charge on any atom is -0.350 e. The summed E-state index contributed by atoms with van der Waals surface area (Å²) in [6, 6.07) is 8.40. The Kier molecular flexibility index (Phi) is 5.74. The molecule has 0 bridgehead atoms. The molecule has 2 aromatic heterocycles. The average Bonchev–Trinajstić information content (AvgIpc) is 2.95. The van der Waals surface area contributed by atoms with Crippen LogP contribution in [0.4, 0.5) is 0 Å². The van der Waals surface area contributed by atoms with Crippen molar-refractivity contribution in [3.8, 4) is 0 Å². The van der Waals surface area contributed by atoms with E-state index in [4.69, 9.17) is 0 Å². The van der Waals surface area contributed by atoms with Gasteiger partial charge < -0.3 is 5.32 Å². The molecule has 0 spiro atoms. The first-order chi connectivity index (χ1) is 14.5. The molecule has 1 aliphatic rings. The van der Waals surface area contributed by atoms with Gasteiger partial charge in [-0.1, -0.05) is 18.6 Å². The van der Waals surface area contributed by atoms with Crippen LogP contribution in [0.3, 0.4) is 0 Å². The van der Waals surface area contributed by atoms with Crippen LogP contribution < -0.4 is 16.4 Å². The summed E-state index contributed by atoms with van der Waals surface area (Å²) < 4.78 is 2.72. The number of hydrogen-bond donors (Lipinski definition) is 1. The van der Waals surface area contributed by atoms with E-state index in [0.717, 1.165) is 43.4 Å². The lowest BCUT2D eigenvalue weighted by Crippen LogP contribution is -2.41. The van der Waals surface area contributed by atoms with E-state index in [1.807, 2.05) is 13.0 Å². The number of aryl methyl sites for hydroxylation is 2. The third kappa shape index (κ3) is 4.32. The number of fused-ring (bicyclic) bond motifs is 2. The second-order valence-electron chi connectivity index (χ2n) is 7.86. The highest BCUT2D eigenvalue weighted by molar-refractivity contribution is 5.78. The highest BCUT2D eigenvalue weighted by atomic mass is 16.2. The Morgan fingerprint density at radius 3 is 2.83 bits per heavy atom. The van der Waals surface area contributed by atoms with Crippen LogP contribution in [0.5, 0.6) is 0 Å². The summed E-state index contributed by atoms with van der Waals surface area (Å²) in [4.78, 5) is 41.6. The fourth-order valence-electron chi connectivity index (χ4n) is 3.91. The van der Waals surface area contributed by atoms with Crippen LogP contribution in [0.2, 0.25) is 0 Å². The van der Waals surface area contributed by atoms with Gasteiger partial charge in [-0.25, -0.2) is 9.67 Å². The molecular formula is C22H25N5O3. The zero-order valence-corrected chi connectivity index (χ0v) is 17.0. The number of carbonyl (C=O) groups is 1. The SMILES string of the molecule is C[C@H](Cn1nc2c(cc1=O)CCCCC2)NC(=O)Cn1cnc2ccccc2c1=O. The lowest BCUT2D eigenvalue weighted by Gasteiger charge is -2.16. The van der Waals surface area contributed by atoms with Crippen molar-refractivity contribution in [2.75, 3.05) is 0 Å². The van der Waals surface area contributed by atoms with Gasteiger partial charge in [0, 0.05) is 12.1 Å². The molecule has 8 nitrogen and oxygen atoms in total. The third-order valence-electron chi connectivity index (χ3n) is 5.42. The summed E-state index contributed by atoms with van der Waals surface area (Å²) in [7, 11) is 0. The molecule has 4 rings (SSSR count). The van der Waals surface area contributed by atoms with Crippen LogP contribution in [0, 0.1) is 0 Å². The minimum absolute atomic E-state index is 0.131. The van der Waals surface area contributed by atoms with E-state index in [0.29, 0.717) is 10.9 Å². The zero-order chi connectivity index (χ0) is 21.1. The van der Waals surface area contributed by atoms with Crippen molar-refractivity contribution in [3.05, 3.63) is 68.6 Å². The van der Waals surface area contributed by atoms with Crippen LogP contribution in [0.15, 0.2) is 46.2 Å². The number of hydrogen-bond acceptors (Lipinski definition) is 5. The number of nitrogens with one attached hydrogen (secondary N) is 1. The second-order valence-corrected chi connectivity index (χ2v) is 7.86. The molecule has 0 radical (unpaired) electrons. The molecule has 1 atom stereocenters. The second kappa shape index (κ2) is 8.61. The molecule has 0 unspecified atom stereocenters. The summed E-state index contributed by atoms with van der Waals surface area (Å²) >= 11 is 0. The molecule has 30 heavy (non-hydrogen) atoms. The molecule has 1 aromatic carbocycles. The molecule has 2 heterocycles. The molecule has 8 heteroatoms. The van der Waals surface area contributed by atoms with Crippen molar-refractivity contribution >= 4 is 16.8 Å². The van der Waals surface area contributed by atoms with Gasteiger partial charge in [0.05, 0.1) is 29.5 Å². The maximum Gasteiger partial charge on any atom is 0.267 e. The van der Waals surface area contributed by atoms with Gasteiger partial charge in [-0.3, -0.25) is 19.0 Å². The highest BCUT2D eigenvalue weighted by Gasteiger charge is 2.15. The Labute approximate surface area is 173 Å². The van der Waals surface area contributed by atoms with Gasteiger partial charge in [-0.2, -0.15) is 5.10 Å². The van der Waals surface area contributed by atoms with E-state index < -0.39 is 0 Å². The number of benzene rings is 1. The molecule has 1 amide bonds. The first kappa shape index (κ1) is 20.0. The molecule has 1 aliphatic carbocycles. The molecule has 0 saturated heterocycles. The fourth-order valence-corrected chi connectivity index (χ4v) is 3.91. The molecule has 156 valence electrons. The zero-order valence-electron chi connectivity index (χ0n) is 17.0. The van der Waals surface area contributed by atoms with Gasteiger partial charge in [-0.15, -0.1) is 0 Å². The quantitative estimate of drug-likeness (QED) is 0.645. The number of amides is 1. The van der Waals surface area contributed by atoms with E-state index in [1.165, 1.54) is 15.6 Å². The van der Waals surface area contributed by atoms with Gasteiger partial charge in [-0.05, 0) is 50.3 Å². The maximum absolute atomic E-state index is 12.5. The lowest BCUT2D eigenvalue weighted by molar-refractivity contribution is -0.122. The van der Waals surface area contributed by atoms with Gasteiger partial charge in [0.25, 0.3) is 11.1 Å². The summed E-state index contributed by atoms with van der Waals surface area (Å²) in [5.74, 6) is -0.315. The predicted molar refractivity (Wildman–Crippen MR) is 113 cm³/mol. The standard InChI is InChI=1S/C22H25N5O3/c1-15(12-27-21(29)11-16-7-3-2-4-9-18(16)25-27)24-20(28)13-26-14-23-19-10-6-5-8-17(19)22(26)30/h5-6,8,10-11,14-15H,2-4,7,9,12-13H2,1H3,(H,24,28)/t15-/m1/s1. The third-order valence-corrected chi connectivity index (χ3v) is 5.42. The fraction of sp³-hybridized carbons (Fsp3) is 0.409. The predicted octanol–water partition coefficient (Wildman–Crippen LogP) is 1.43. The topological polar surface area (TPSA) is 98.9 Å². The number of rotatable bonds is 5. The monoisotopic (exact) mass is 407 g/mol. The van der Waals surface area contributed by atoms with Crippen molar-refractivity contribution in [2.45, 2.75) is 58.2 Å². The van der Waals surface area contributed by atoms with Gasteiger partial charge >= 0.3 is 0 Å². The molecular weight excluding hydrogens is 382 g/mol. The van der Waals surface area contributed by atoms with E-state index in [-0.39, 0.29) is 36.2 Å². The Hall–Kier alpha value is -3.29. The molecule has 3 aromatic rings. The maximum atomic E-state index is 12.5. The summed E-state index contributed by atoms with van der Waals surface area (Å²) in [5.41, 5.74) is 2.23. The summed E-state index contributed by atoms with van der Waals surface area (Å²) in [5, 5.41) is 7.86. The van der Waals surface area contributed by atoms with E-state index >= 15 is 0 Å². The van der Waals surface area contributed by atoms with Crippen molar-refractivity contribution in [3.63, 3.8) is 0 Å². The first-order valence-corrected chi connectivity index (χ1v) is 10.3. The van der Waals surface area contributed by atoms with Crippen LogP contribution in [0.25, 0.3) is 10.9 Å². The lowest BCUT2D eigenvalue weighted by atomic mass is 10.1. The number of para-hydroxylation sites is 1. The molecule has 1 N–H and O–H groups in total. The Morgan fingerprint density at radius 2 is 1.97 bits per heavy atom. The van der Waals surface area contributed by atoms with Crippen molar-refractivity contribution in [1.82, 2.24) is 24.6 Å². The van der Waals surface area contributed by atoms with Gasteiger partial charge in [0.2, 0.25) is 5.91 Å². The number of carbonyl (C=O) groups excluding carboxylic acids is 1. The van der Waals surface area contributed by atoms with Crippen molar-refractivity contribution in [1.29, 1.82) is 0 Å². The average molecular weight is 407 g/mol. The molecule has 0 saturated carbocycles. The first-order valence-electron chi connectivity index (χ1n) is 10.3. The summed E-state index contributed by atoms with van der Waals surface area (Å²) in [6.45, 7) is 1.97. The smallest absolute Gasteiger partial charge is 0.267 e. The van der Waals surface area contributed by atoms with Gasteiger partial charge in [0.15, 0.2) is 0 Å².